The van der Waals surface area contributed by atoms with Crippen LogP contribution in [0.25, 0.3) is 0 Å². The van der Waals surface area contributed by atoms with Crippen LogP contribution >= 0.6 is 0 Å². The summed E-state index contributed by atoms with van der Waals surface area (Å²) in [5.41, 5.74) is -4.20. The van der Waals surface area contributed by atoms with Crippen molar-refractivity contribution in [2.24, 2.45) is 0 Å². The number of anilines is 1. The van der Waals surface area contributed by atoms with Crippen LogP contribution in [0.1, 0.15) is 13.8 Å². The number of amides is 1. The van der Waals surface area contributed by atoms with Gasteiger partial charge in [-0.3, -0.25) is 4.79 Å². The molecule has 1 aromatic carbocycles. The number of rotatable bonds is 5. The van der Waals surface area contributed by atoms with Gasteiger partial charge in [0.05, 0.1) is 12.3 Å². The van der Waals surface area contributed by atoms with Crippen LogP contribution < -0.4 is 10.6 Å². The summed E-state index contributed by atoms with van der Waals surface area (Å²) in [6, 6.07) is 4.43. The van der Waals surface area contributed by atoms with Gasteiger partial charge < -0.3 is 15.4 Å². The Labute approximate surface area is 123 Å². The van der Waals surface area contributed by atoms with Crippen LogP contribution in [0, 0.1) is 5.82 Å². The summed E-state index contributed by atoms with van der Waals surface area (Å²) in [5.74, 6) is -3.96. The largest absolute Gasteiger partial charge is 0.463 e. The number of carbonyl (C=O) groups excluding carboxylic acids is 2. The lowest BCUT2D eigenvalue weighted by Crippen LogP contribution is -2.69. The number of ether oxygens (including phenoxy) is 1. The highest BCUT2D eigenvalue weighted by atomic mass is 19.4. The molecule has 1 rings (SSSR count). The molecule has 0 aliphatic rings. The third-order valence-electron chi connectivity index (χ3n) is 2.57. The first kappa shape index (κ1) is 17.7. The van der Waals surface area contributed by atoms with Gasteiger partial charge in [-0.15, -0.1) is 0 Å². The van der Waals surface area contributed by atoms with Crippen molar-refractivity contribution in [2.75, 3.05) is 11.9 Å². The highest BCUT2D eigenvalue weighted by molar-refractivity contribution is 5.90. The van der Waals surface area contributed by atoms with Gasteiger partial charge in [0.2, 0.25) is 5.91 Å². The highest BCUT2D eigenvalue weighted by Crippen LogP contribution is 2.33. The van der Waals surface area contributed by atoms with Crippen LogP contribution in [0.2, 0.25) is 0 Å². The minimum absolute atomic E-state index is 0.352. The van der Waals surface area contributed by atoms with Gasteiger partial charge in [-0.25, -0.2) is 9.18 Å². The smallest absolute Gasteiger partial charge is 0.441 e. The third-order valence-corrected chi connectivity index (χ3v) is 2.57. The average molecular weight is 322 g/mol. The Kier molecular flexibility index (Phi) is 5.34. The molecule has 0 saturated heterocycles. The summed E-state index contributed by atoms with van der Waals surface area (Å²) >= 11 is 0. The first-order valence-electron chi connectivity index (χ1n) is 6.19. The maximum atomic E-state index is 13.6. The predicted octanol–water partition coefficient (Wildman–Crippen LogP) is 2.20. The van der Waals surface area contributed by atoms with E-state index in [-0.39, 0.29) is 6.61 Å². The molecule has 0 radical (unpaired) electrons. The van der Waals surface area contributed by atoms with Crippen LogP contribution in [0.5, 0.6) is 0 Å². The van der Waals surface area contributed by atoms with Crippen LogP contribution in [0.15, 0.2) is 24.3 Å². The number of halogens is 4. The minimum Gasteiger partial charge on any atom is -0.463 e. The van der Waals surface area contributed by atoms with E-state index in [9.17, 15) is 27.2 Å². The topological polar surface area (TPSA) is 67.4 Å². The number of para-hydroxylation sites is 1. The molecular weight excluding hydrogens is 308 g/mol. The maximum absolute atomic E-state index is 13.6. The number of esters is 1. The lowest BCUT2D eigenvalue weighted by molar-refractivity contribution is -0.207. The van der Waals surface area contributed by atoms with Crippen LogP contribution in [0.3, 0.4) is 0 Å². The van der Waals surface area contributed by atoms with Crippen molar-refractivity contribution in [3.8, 4) is 0 Å². The molecule has 122 valence electrons. The van der Waals surface area contributed by atoms with E-state index < -0.39 is 35.2 Å². The van der Waals surface area contributed by atoms with E-state index >= 15 is 0 Å². The Hall–Kier alpha value is -2.32. The zero-order valence-electron chi connectivity index (χ0n) is 11.8. The third kappa shape index (κ3) is 3.66. The number of hydrogen-bond acceptors (Lipinski definition) is 4. The van der Waals surface area contributed by atoms with Gasteiger partial charge in [-0.1, -0.05) is 12.1 Å². The van der Waals surface area contributed by atoms with Gasteiger partial charge in [0.25, 0.3) is 0 Å². The Morgan fingerprint density at radius 2 is 1.82 bits per heavy atom. The van der Waals surface area contributed by atoms with Crippen molar-refractivity contribution in [2.45, 2.75) is 25.7 Å². The Balaban J connectivity index is 3.38. The molecule has 0 aromatic heterocycles. The number of carbonyl (C=O) groups is 2. The second kappa shape index (κ2) is 6.63. The Bertz CT molecular complexity index is 562. The number of nitrogens with one attached hydrogen (secondary N) is 2. The summed E-state index contributed by atoms with van der Waals surface area (Å²) in [6.07, 6.45) is -5.27. The summed E-state index contributed by atoms with van der Waals surface area (Å²) in [4.78, 5) is 23.0. The lowest BCUT2D eigenvalue weighted by Gasteiger charge is -2.35. The first-order chi connectivity index (χ1) is 10.1. The molecule has 9 heteroatoms. The normalized spacial score (nSPS) is 13.9. The van der Waals surface area contributed by atoms with Crippen LogP contribution in [-0.2, 0) is 14.3 Å². The fourth-order valence-corrected chi connectivity index (χ4v) is 1.66. The van der Waals surface area contributed by atoms with Gasteiger partial charge in [-0.2, -0.15) is 13.2 Å². The summed E-state index contributed by atoms with van der Waals surface area (Å²) in [6.45, 7) is 1.74. The standard InChI is InChI=1S/C13H14F4N2O3/c1-3-22-11(21)12(13(15,16)17,18-8(2)20)19-10-7-5-4-6-9(10)14/h4-7,19H,3H2,1-2H3,(H,18,20)/t12-/m1/s1. The zero-order valence-corrected chi connectivity index (χ0v) is 11.8. The van der Waals surface area contributed by atoms with Gasteiger partial charge in [-0.05, 0) is 19.1 Å². The van der Waals surface area contributed by atoms with Crippen LogP contribution in [-0.4, -0.2) is 30.3 Å². The second-order valence-corrected chi connectivity index (χ2v) is 4.25. The Morgan fingerprint density at radius 1 is 1.23 bits per heavy atom. The van der Waals surface area contributed by atoms with Crippen molar-refractivity contribution in [3.05, 3.63) is 30.1 Å². The van der Waals surface area contributed by atoms with Crippen molar-refractivity contribution in [3.63, 3.8) is 0 Å². The monoisotopic (exact) mass is 322 g/mol. The molecule has 0 aliphatic carbocycles. The van der Waals surface area contributed by atoms with Crippen molar-refractivity contribution < 1.29 is 31.9 Å². The van der Waals surface area contributed by atoms with Crippen LogP contribution in [0.4, 0.5) is 23.2 Å². The fraction of sp³-hybridized carbons (Fsp3) is 0.385. The molecule has 1 aromatic rings. The zero-order chi connectivity index (χ0) is 17.0. The lowest BCUT2D eigenvalue weighted by atomic mass is 10.1. The molecule has 0 fully saturated rings. The molecule has 0 heterocycles. The summed E-state index contributed by atoms with van der Waals surface area (Å²) in [7, 11) is 0. The number of benzene rings is 1. The quantitative estimate of drug-likeness (QED) is 0.495. The van der Waals surface area contributed by atoms with Crippen molar-refractivity contribution in [1.82, 2.24) is 5.32 Å². The molecule has 0 bridgehead atoms. The molecule has 2 N–H and O–H groups in total. The SMILES string of the molecule is CCOC(=O)[C@@](NC(C)=O)(Nc1ccccc1F)C(F)(F)F. The van der Waals surface area contributed by atoms with Crippen molar-refractivity contribution >= 4 is 17.6 Å². The minimum atomic E-state index is -5.27. The van der Waals surface area contributed by atoms with Gasteiger partial charge in [0.15, 0.2) is 0 Å². The van der Waals surface area contributed by atoms with E-state index in [1.165, 1.54) is 24.4 Å². The van der Waals surface area contributed by atoms with E-state index in [4.69, 9.17) is 0 Å². The molecule has 1 amide bonds. The molecule has 5 nitrogen and oxygen atoms in total. The Morgan fingerprint density at radius 3 is 2.27 bits per heavy atom. The molecule has 0 aliphatic heterocycles. The number of hydrogen-bond donors (Lipinski definition) is 2. The first-order valence-corrected chi connectivity index (χ1v) is 6.19. The fourth-order valence-electron chi connectivity index (χ4n) is 1.66. The highest BCUT2D eigenvalue weighted by Gasteiger charge is 2.63. The van der Waals surface area contributed by atoms with Crippen molar-refractivity contribution in [1.29, 1.82) is 0 Å². The molecular formula is C13H14F4N2O3. The van der Waals surface area contributed by atoms with Gasteiger partial charge in [0, 0.05) is 6.92 Å². The van der Waals surface area contributed by atoms with Gasteiger partial charge in [0.1, 0.15) is 5.82 Å². The molecule has 0 spiro atoms. The average Bonchev–Trinajstić information content (AvgIpc) is 2.38. The molecule has 0 unspecified atom stereocenters. The maximum Gasteiger partial charge on any atom is 0.441 e. The summed E-state index contributed by atoms with van der Waals surface area (Å²) < 4.78 is 58.3. The summed E-state index contributed by atoms with van der Waals surface area (Å²) in [5, 5.41) is 3.19. The molecule has 22 heavy (non-hydrogen) atoms. The van der Waals surface area contributed by atoms with E-state index in [0.29, 0.717) is 0 Å². The van der Waals surface area contributed by atoms with E-state index in [2.05, 4.69) is 4.74 Å². The predicted molar refractivity (Wildman–Crippen MR) is 69.3 cm³/mol. The van der Waals surface area contributed by atoms with Gasteiger partial charge >= 0.3 is 17.8 Å². The van der Waals surface area contributed by atoms with E-state index in [1.54, 1.807) is 5.32 Å². The second-order valence-electron chi connectivity index (χ2n) is 4.25. The van der Waals surface area contributed by atoms with E-state index in [1.807, 2.05) is 0 Å². The molecule has 0 saturated carbocycles. The van der Waals surface area contributed by atoms with E-state index in [0.717, 1.165) is 19.1 Å². The molecule has 1 atom stereocenters. The number of alkyl halides is 3.